The fourth-order valence-electron chi connectivity index (χ4n) is 2.66. The normalized spacial score (nSPS) is 15.3. The minimum absolute atomic E-state index is 0.0237. The van der Waals surface area contributed by atoms with Crippen molar-refractivity contribution in [1.29, 1.82) is 0 Å². The molecule has 1 aliphatic rings. The molecule has 1 N–H and O–H groups in total. The number of halogens is 1. The summed E-state index contributed by atoms with van der Waals surface area (Å²) in [5, 5.41) is 2.92. The first-order valence-electron chi connectivity index (χ1n) is 8.04. The summed E-state index contributed by atoms with van der Waals surface area (Å²) in [4.78, 5) is 25.4. The van der Waals surface area contributed by atoms with Gasteiger partial charge >= 0.3 is 6.09 Å². The van der Waals surface area contributed by atoms with Gasteiger partial charge in [0, 0.05) is 25.6 Å². The van der Waals surface area contributed by atoms with Gasteiger partial charge in [0.05, 0.1) is 6.61 Å². The Bertz CT molecular complexity index is 525. The molecule has 6 heteroatoms. The van der Waals surface area contributed by atoms with E-state index in [4.69, 9.17) is 4.74 Å². The van der Waals surface area contributed by atoms with Crippen molar-refractivity contribution in [2.75, 3.05) is 26.2 Å². The van der Waals surface area contributed by atoms with E-state index in [1.165, 1.54) is 12.1 Å². The zero-order valence-corrected chi connectivity index (χ0v) is 13.4. The van der Waals surface area contributed by atoms with E-state index in [2.05, 4.69) is 5.32 Å². The molecule has 126 valence electrons. The van der Waals surface area contributed by atoms with Crippen LogP contribution in [0.15, 0.2) is 24.3 Å². The molecule has 1 saturated heterocycles. The van der Waals surface area contributed by atoms with Crippen LogP contribution < -0.4 is 5.32 Å². The van der Waals surface area contributed by atoms with Crippen LogP contribution in [0, 0.1) is 11.7 Å². The van der Waals surface area contributed by atoms with Gasteiger partial charge in [-0.1, -0.05) is 12.1 Å². The van der Waals surface area contributed by atoms with E-state index < -0.39 is 0 Å². The highest BCUT2D eigenvalue weighted by Gasteiger charge is 2.27. The van der Waals surface area contributed by atoms with Crippen LogP contribution in [0.5, 0.6) is 0 Å². The molecule has 1 fully saturated rings. The van der Waals surface area contributed by atoms with Gasteiger partial charge < -0.3 is 15.0 Å². The van der Waals surface area contributed by atoms with Crippen molar-refractivity contribution in [2.24, 2.45) is 5.92 Å². The van der Waals surface area contributed by atoms with E-state index in [9.17, 15) is 14.0 Å². The summed E-state index contributed by atoms with van der Waals surface area (Å²) in [6.45, 7) is 3.77. The van der Waals surface area contributed by atoms with E-state index in [1.807, 2.05) is 0 Å². The smallest absolute Gasteiger partial charge is 0.409 e. The van der Waals surface area contributed by atoms with Gasteiger partial charge in [0.15, 0.2) is 0 Å². The summed E-state index contributed by atoms with van der Waals surface area (Å²) in [6.07, 6.45) is 1.68. The minimum Gasteiger partial charge on any atom is -0.450 e. The van der Waals surface area contributed by atoms with Gasteiger partial charge in [-0.2, -0.15) is 0 Å². The average molecular weight is 322 g/mol. The first-order chi connectivity index (χ1) is 11.1. The molecule has 1 heterocycles. The number of nitrogens with zero attached hydrogens (tertiary/aromatic N) is 1. The SMILES string of the molecule is CCOC(=O)N1CCC(C(=O)NCCc2ccc(F)cc2)CC1. The molecule has 0 unspecified atom stereocenters. The fourth-order valence-corrected chi connectivity index (χ4v) is 2.66. The highest BCUT2D eigenvalue weighted by molar-refractivity contribution is 5.79. The summed E-state index contributed by atoms with van der Waals surface area (Å²) < 4.78 is 17.8. The number of hydrogen-bond acceptors (Lipinski definition) is 3. The van der Waals surface area contributed by atoms with E-state index >= 15 is 0 Å². The van der Waals surface area contributed by atoms with Crippen LogP contribution in [0.25, 0.3) is 0 Å². The zero-order chi connectivity index (χ0) is 16.7. The number of carbonyl (C=O) groups is 2. The molecule has 0 aromatic heterocycles. The zero-order valence-electron chi connectivity index (χ0n) is 13.4. The Morgan fingerprint density at radius 1 is 1.26 bits per heavy atom. The Kier molecular flexibility index (Phi) is 6.38. The van der Waals surface area contributed by atoms with Gasteiger partial charge in [0.1, 0.15) is 5.82 Å². The Balaban J connectivity index is 1.68. The molecule has 1 aliphatic heterocycles. The van der Waals surface area contributed by atoms with Crippen molar-refractivity contribution in [3.63, 3.8) is 0 Å². The molecular weight excluding hydrogens is 299 g/mol. The van der Waals surface area contributed by atoms with E-state index in [0.29, 0.717) is 45.5 Å². The van der Waals surface area contributed by atoms with Crippen LogP contribution in [0.3, 0.4) is 0 Å². The van der Waals surface area contributed by atoms with Crippen LogP contribution in [0.1, 0.15) is 25.3 Å². The molecular formula is C17H23FN2O3. The van der Waals surface area contributed by atoms with Crippen LogP contribution in [0.2, 0.25) is 0 Å². The standard InChI is InChI=1S/C17H23FN2O3/c1-2-23-17(22)20-11-8-14(9-12-20)16(21)19-10-7-13-3-5-15(18)6-4-13/h3-6,14H,2,7-12H2,1H3,(H,19,21). The second kappa shape index (κ2) is 8.50. The molecule has 0 aliphatic carbocycles. The van der Waals surface area contributed by atoms with Crippen molar-refractivity contribution in [3.05, 3.63) is 35.6 Å². The lowest BCUT2D eigenvalue weighted by atomic mass is 9.96. The molecule has 0 saturated carbocycles. The number of benzene rings is 1. The summed E-state index contributed by atoms with van der Waals surface area (Å²) in [6, 6.07) is 6.28. The second-order valence-corrected chi connectivity index (χ2v) is 5.63. The monoisotopic (exact) mass is 322 g/mol. The van der Waals surface area contributed by atoms with Gasteiger partial charge in [-0.05, 0) is 43.9 Å². The van der Waals surface area contributed by atoms with Crippen LogP contribution in [-0.2, 0) is 16.0 Å². The Labute approximate surface area is 135 Å². The Morgan fingerprint density at radius 3 is 2.52 bits per heavy atom. The maximum atomic E-state index is 12.8. The lowest BCUT2D eigenvalue weighted by Crippen LogP contribution is -2.43. The van der Waals surface area contributed by atoms with Crippen molar-refractivity contribution in [2.45, 2.75) is 26.2 Å². The van der Waals surface area contributed by atoms with Crippen molar-refractivity contribution >= 4 is 12.0 Å². The highest BCUT2D eigenvalue weighted by Crippen LogP contribution is 2.18. The quantitative estimate of drug-likeness (QED) is 0.905. The highest BCUT2D eigenvalue weighted by atomic mass is 19.1. The molecule has 2 rings (SSSR count). The van der Waals surface area contributed by atoms with Gasteiger partial charge in [-0.15, -0.1) is 0 Å². The van der Waals surface area contributed by atoms with Crippen LogP contribution >= 0.6 is 0 Å². The molecule has 0 atom stereocenters. The van der Waals surface area contributed by atoms with E-state index in [0.717, 1.165) is 5.56 Å². The molecule has 2 amide bonds. The molecule has 23 heavy (non-hydrogen) atoms. The third-order valence-electron chi connectivity index (χ3n) is 4.02. The van der Waals surface area contributed by atoms with Gasteiger partial charge in [-0.3, -0.25) is 4.79 Å². The van der Waals surface area contributed by atoms with Crippen LogP contribution in [-0.4, -0.2) is 43.1 Å². The predicted molar refractivity (Wildman–Crippen MR) is 84.4 cm³/mol. The second-order valence-electron chi connectivity index (χ2n) is 5.63. The maximum Gasteiger partial charge on any atom is 0.409 e. The third kappa shape index (κ3) is 5.23. The first kappa shape index (κ1) is 17.2. The summed E-state index contributed by atoms with van der Waals surface area (Å²) >= 11 is 0. The number of nitrogens with one attached hydrogen (secondary N) is 1. The number of piperidine rings is 1. The van der Waals surface area contributed by atoms with E-state index in [1.54, 1.807) is 24.0 Å². The predicted octanol–water partition coefficient (Wildman–Crippen LogP) is 2.35. The number of likely N-dealkylation sites (tertiary alicyclic amines) is 1. The van der Waals surface area contributed by atoms with E-state index in [-0.39, 0.29) is 23.7 Å². The van der Waals surface area contributed by atoms with Gasteiger partial charge in [0.2, 0.25) is 5.91 Å². The number of carbonyl (C=O) groups excluding carboxylic acids is 2. The lowest BCUT2D eigenvalue weighted by Gasteiger charge is -2.30. The van der Waals surface area contributed by atoms with Gasteiger partial charge in [0.25, 0.3) is 0 Å². The minimum atomic E-state index is -0.303. The Hall–Kier alpha value is -2.11. The molecule has 1 aromatic rings. The number of hydrogen-bond donors (Lipinski definition) is 1. The third-order valence-corrected chi connectivity index (χ3v) is 4.02. The summed E-state index contributed by atoms with van der Waals surface area (Å²) in [5.74, 6) is -0.296. The summed E-state index contributed by atoms with van der Waals surface area (Å²) in [7, 11) is 0. The largest absolute Gasteiger partial charge is 0.450 e. The first-order valence-corrected chi connectivity index (χ1v) is 8.04. The topological polar surface area (TPSA) is 58.6 Å². The molecule has 0 bridgehead atoms. The fraction of sp³-hybridized carbons (Fsp3) is 0.529. The van der Waals surface area contributed by atoms with Crippen molar-refractivity contribution < 1.29 is 18.7 Å². The van der Waals surface area contributed by atoms with Crippen molar-refractivity contribution in [3.8, 4) is 0 Å². The molecule has 0 radical (unpaired) electrons. The lowest BCUT2D eigenvalue weighted by molar-refractivity contribution is -0.126. The number of amides is 2. The number of ether oxygens (including phenoxy) is 1. The maximum absolute atomic E-state index is 12.8. The Morgan fingerprint density at radius 2 is 1.91 bits per heavy atom. The van der Waals surface area contributed by atoms with Crippen molar-refractivity contribution in [1.82, 2.24) is 10.2 Å². The molecule has 1 aromatic carbocycles. The number of rotatable bonds is 5. The molecule has 5 nitrogen and oxygen atoms in total. The summed E-state index contributed by atoms with van der Waals surface area (Å²) in [5.41, 5.74) is 0.990. The average Bonchev–Trinajstić information content (AvgIpc) is 2.57. The molecule has 0 spiro atoms. The van der Waals surface area contributed by atoms with Crippen LogP contribution in [0.4, 0.5) is 9.18 Å². The van der Waals surface area contributed by atoms with Gasteiger partial charge in [-0.25, -0.2) is 9.18 Å².